The Balaban J connectivity index is 1.06. The molecule has 0 radical (unpaired) electrons. The summed E-state index contributed by atoms with van der Waals surface area (Å²) in [6.07, 6.45) is 0. The lowest BCUT2D eigenvalue weighted by molar-refractivity contribution is 0.670. The maximum absolute atomic E-state index is 6.41. The van der Waals surface area contributed by atoms with Crippen LogP contribution in [0.3, 0.4) is 0 Å². The fourth-order valence-electron chi connectivity index (χ4n) is 9.19. The highest BCUT2D eigenvalue weighted by Crippen LogP contribution is 2.49. The van der Waals surface area contributed by atoms with Crippen molar-refractivity contribution in [3.63, 3.8) is 0 Å². The van der Waals surface area contributed by atoms with E-state index in [9.17, 15) is 0 Å². The molecule has 3 aromatic heterocycles. The van der Waals surface area contributed by atoms with Crippen LogP contribution in [-0.2, 0) is 0 Å². The number of benzene rings is 9. The van der Waals surface area contributed by atoms with E-state index in [0.29, 0.717) is 17.5 Å². The van der Waals surface area contributed by atoms with E-state index < -0.39 is 0 Å². The molecule has 5 nitrogen and oxygen atoms in total. The van der Waals surface area contributed by atoms with Crippen LogP contribution in [-0.4, -0.2) is 19.9 Å². The predicted octanol–water partition coefficient (Wildman–Crippen LogP) is 16.2. The summed E-state index contributed by atoms with van der Waals surface area (Å²) < 4.78 is 6.41. The summed E-state index contributed by atoms with van der Waals surface area (Å²) in [4.78, 5) is 21.2. The first-order chi connectivity index (χ1) is 33.2. The summed E-state index contributed by atoms with van der Waals surface area (Å²) in [5, 5.41) is 2.20. The highest BCUT2D eigenvalue weighted by atomic mass is 16.3. The Morgan fingerprint density at radius 1 is 0.254 bits per heavy atom. The van der Waals surface area contributed by atoms with Gasteiger partial charge in [-0.2, -0.15) is 0 Å². The Morgan fingerprint density at radius 3 is 1.22 bits per heavy atom. The lowest BCUT2D eigenvalue weighted by Crippen LogP contribution is -2.02. The molecule has 5 heteroatoms. The van der Waals surface area contributed by atoms with Gasteiger partial charge in [0.05, 0.1) is 11.4 Å². The maximum atomic E-state index is 6.41. The second-order valence-electron chi connectivity index (χ2n) is 16.5. The van der Waals surface area contributed by atoms with Crippen LogP contribution in [0.5, 0.6) is 0 Å². The molecule has 314 valence electrons. The van der Waals surface area contributed by atoms with Crippen LogP contribution in [0, 0.1) is 0 Å². The summed E-state index contributed by atoms with van der Waals surface area (Å²) in [5.74, 6) is 1.75. The number of nitrogens with zero attached hydrogens (tertiary/aromatic N) is 4. The first kappa shape index (κ1) is 39.5. The van der Waals surface area contributed by atoms with Gasteiger partial charge in [0.25, 0.3) is 0 Å². The van der Waals surface area contributed by atoms with Crippen molar-refractivity contribution in [2.45, 2.75) is 0 Å². The van der Waals surface area contributed by atoms with Crippen LogP contribution >= 0.6 is 0 Å². The van der Waals surface area contributed by atoms with Gasteiger partial charge in [0.2, 0.25) is 0 Å². The van der Waals surface area contributed by atoms with E-state index in [1.807, 2.05) is 48.5 Å². The quantitative estimate of drug-likeness (QED) is 0.145. The van der Waals surface area contributed by atoms with Crippen molar-refractivity contribution in [2.75, 3.05) is 0 Å². The zero-order valence-electron chi connectivity index (χ0n) is 36.3. The van der Waals surface area contributed by atoms with Crippen LogP contribution in [0.4, 0.5) is 0 Å². The molecule has 0 fully saturated rings. The molecule has 0 aliphatic carbocycles. The minimum atomic E-state index is 0.574. The topological polar surface area (TPSA) is 64.7 Å². The molecule has 0 atom stereocenters. The van der Waals surface area contributed by atoms with Gasteiger partial charge in [-0.3, -0.25) is 0 Å². The molecular weight excluding hydrogens is 817 g/mol. The highest BCUT2D eigenvalue weighted by Gasteiger charge is 2.26. The van der Waals surface area contributed by atoms with Crippen molar-refractivity contribution in [3.05, 3.63) is 243 Å². The van der Waals surface area contributed by atoms with Gasteiger partial charge in [0, 0.05) is 60.8 Å². The van der Waals surface area contributed by atoms with Crippen molar-refractivity contribution >= 4 is 21.9 Å². The smallest absolute Gasteiger partial charge is 0.164 e. The van der Waals surface area contributed by atoms with Gasteiger partial charge in [-0.15, -0.1) is 0 Å². The van der Waals surface area contributed by atoms with Crippen molar-refractivity contribution in [1.82, 2.24) is 19.9 Å². The molecule has 0 saturated carbocycles. The Labute approximate surface area is 388 Å². The van der Waals surface area contributed by atoms with E-state index in [4.69, 9.17) is 24.4 Å². The third-order valence-corrected chi connectivity index (χ3v) is 12.4. The number of hydrogen-bond acceptors (Lipinski definition) is 5. The molecule has 0 aliphatic heterocycles. The standard InChI is InChI=1S/C62H40N4O/c1-6-20-42(21-7-1)55-54(56(43-22-8-2-9-23-43)58(45-26-12-4-13-27-45)63-57(55)44-24-10-3-11-25-44)48-30-18-31-49(40-48)62-65-60(46-28-14-5-15-29-46)64-61(66-62)47-38-36-41(37-39-47)50-33-19-34-52-51-32-16-17-35-53(51)67-59(50)52/h1-40H. The van der Waals surface area contributed by atoms with E-state index in [1.54, 1.807) is 0 Å². The Hall–Kier alpha value is -9.06. The third-order valence-electron chi connectivity index (χ3n) is 12.4. The first-order valence-electron chi connectivity index (χ1n) is 22.5. The van der Waals surface area contributed by atoms with E-state index in [-0.39, 0.29) is 0 Å². The van der Waals surface area contributed by atoms with Gasteiger partial charge < -0.3 is 4.42 Å². The molecule has 0 aliphatic rings. The highest BCUT2D eigenvalue weighted by molar-refractivity contribution is 6.10. The van der Waals surface area contributed by atoms with Gasteiger partial charge in [-0.1, -0.05) is 231 Å². The second kappa shape index (κ2) is 17.1. The fraction of sp³-hybridized carbons (Fsp3) is 0. The molecule has 9 aromatic carbocycles. The molecule has 0 unspecified atom stereocenters. The molecule has 0 saturated heterocycles. The van der Waals surface area contributed by atoms with Crippen LogP contribution in [0.25, 0.3) is 123 Å². The first-order valence-corrected chi connectivity index (χ1v) is 22.5. The zero-order chi connectivity index (χ0) is 44.5. The minimum absolute atomic E-state index is 0.574. The summed E-state index contributed by atoms with van der Waals surface area (Å²) >= 11 is 0. The third kappa shape index (κ3) is 7.44. The molecule has 12 aromatic rings. The van der Waals surface area contributed by atoms with Crippen molar-refractivity contribution in [3.8, 4) is 101 Å². The molecule has 0 N–H and O–H groups in total. The van der Waals surface area contributed by atoms with E-state index in [1.165, 1.54) is 0 Å². The normalized spacial score (nSPS) is 11.3. The van der Waals surface area contributed by atoms with Gasteiger partial charge >= 0.3 is 0 Å². The van der Waals surface area contributed by atoms with Crippen LogP contribution in [0.2, 0.25) is 0 Å². The number of rotatable bonds is 9. The van der Waals surface area contributed by atoms with Gasteiger partial charge in [-0.25, -0.2) is 19.9 Å². The maximum Gasteiger partial charge on any atom is 0.164 e. The molecule has 0 bridgehead atoms. The molecule has 67 heavy (non-hydrogen) atoms. The number of aromatic nitrogens is 4. The SMILES string of the molecule is c1ccc(-c2nc(-c3ccc(-c4cccc5c4oc4ccccc45)cc3)nc(-c3cccc(-c4c(-c5ccccc5)c(-c5ccccc5)nc(-c5ccccc5)c4-c4ccccc4)c3)n2)cc1. The number of fused-ring (bicyclic) bond motifs is 3. The largest absolute Gasteiger partial charge is 0.455 e. The van der Waals surface area contributed by atoms with E-state index in [0.717, 1.165) is 106 Å². The number of para-hydroxylation sites is 2. The Kier molecular flexibility index (Phi) is 10.1. The van der Waals surface area contributed by atoms with Gasteiger partial charge in [-0.05, 0) is 34.4 Å². The minimum Gasteiger partial charge on any atom is -0.455 e. The zero-order valence-corrected chi connectivity index (χ0v) is 36.3. The van der Waals surface area contributed by atoms with Crippen molar-refractivity contribution in [1.29, 1.82) is 0 Å². The summed E-state index contributed by atoms with van der Waals surface area (Å²) in [6.45, 7) is 0. The van der Waals surface area contributed by atoms with Crippen molar-refractivity contribution in [2.24, 2.45) is 0 Å². The molecular formula is C62H40N4O. The monoisotopic (exact) mass is 856 g/mol. The van der Waals surface area contributed by atoms with Crippen LogP contribution in [0.1, 0.15) is 0 Å². The molecule has 12 rings (SSSR count). The van der Waals surface area contributed by atoms with Gasteiger partial charge in [0.15, 0.2) is 17.5 Å². The van der Waals surface area contributed by atoms with Crippen molar-refractivity contribution < 1.29 is 4.42 Å². The van der Waals surface area contributed by atoms with Crippen LogP contribution < -0.4 is 0 Å². The average Bonchev–Trinajstić information content (AvgIpc) is 3.81. The number of hydrogen-bond donors (Lipinski definition) is 0. The molecule has 0 spiro atoms. The second-order valence-corrected chi connectivity index (χ2v) is 16.5. The summed E-state index contributed by atoms with van der Waals surface area (Å²) in [6, 6.07) is 83.9. The Bertz CT molecular complexity index is 3600. The number of pyridine rings is 1. The fourth-order valence-corrected chi connectivity index (χ4v) is 9.19. The predicted molar refractivity (Wildman–Crippen MR) is 274 cm³/mol. The van der Waals surface area contributed by atoms with Gasteiger partial charge in [0.1, 0.15) is 11.2 Å². The molecule has 0 amide bonds. The lowest BCUT2D eigenvalue weighted by Gasteiger charge is -2.23. The van der Waals surface area contributed by atoms with E-state index in [2.05, 4.69) is 194 Å². The summed E-state index contributed by atoms with van der Waals surface area (Å²) in [7, 11) is 0. The number of furan rings is 1. The lowest BCUT2D eigenvalue weighted by atomic mass is 9.83. The van der Waals surface area contributed by atoms with Crippen LogP contribution in [0.15, 0.2) is 247 Å². The average molecular weight is 857 g/mol. The summed E-state index contributed by atoms with van der Waals surface area (Å²) in [5.41, 5.74) is 16.7. The Morgan fingerprint density at radius 2 is 0.657 bits per heavy atom. The molecule has 3 heterocycles. The van der Waals surface area contributed by atoms with E-state index >= 15 is 0 Å².